The molecule has 1 aliphatic heterocycles. The Morgan fingerprint density at radius 1 is 1.33 bits per heavy atom. The summed E-state index contributed by atoms with van der Waals surface area (Å²) in [7, 11) is 0. The highest BCUT2D eigenvalue weighted by atomic mass is 19.1. The summed E-state index contributed by atoms with van der Waals surface area (Å²) in [4.78, 5) is 14.9. The van der Waals surface area contributed by atoms with Crippen molar-refractivity contribution in [2.75, 3.05) is 26.3 Å². The number of halogens is 1. The number of likely N-dealkylation sites (tertiary alicyclic amines) is 1. The van der Waals surface area contributed by atoms with Gasteiger partial charge in [0, 0.05) is 30.7 Å². The third-order valence-corrected chi connectivity index (χ3v) is 5.13. The van der Waals surface area contributed by atoms with E-state index in [1.165, 1.54) is 5.52 Å². The fourth-order valence-corrected chi connectivity index (χ4v) is 3.99. The molecule has 0 bridgehead atoms. The molecule has 0 aromatic carbocycles. The van der Waals surface area contributed by atoms with Gasteiger partial charge in [0.15, 0.2) is 0 Å². The first-order chi connectivity index (χ1) is 11.8. The lowest BCUT2D eigenvalue weighted by atomic mass is 10.2. The SMILES string of the molecule is Cc1nc2cnc3[nH]ccc3c2n1C1CCN(CCCCCF)C1. The van der Waals surface area contributed by atoms with Crippen molar-refractivity contribution in [1.82, 2.24) is 24.4 Å². The number of fused-ring (bicyclic) bond motifs is 3. The molecule has 0 amide bonds. The van der Waals surface area contributed by atoms with Gasteiger partial charge in [0.05, 0.1) is 18.4 Å². The summed E-state index contributed by atoms with van der Waals surface area (Å²) >= 11 is 0. The molecule has 1 aliphatic rings. The zero-order valence-corrected chi connectivity index (χ0v) is 14.1. The van der Waals surface area contributed by atoms with E-state index >= 15 is 0 Å². The number of aromatic amines is 1. The van der Waals surface area contributed by atoms with Crippen LogP contribution in [0.25, 0.3) is 22.1 Å². The molecule has 4 rings (SSSR count). The minimum Gasteiger partial charge on any atom is -0.346 e. The van der Waals surface area contributed by atoms with Crippen molar-refractivity contribution in [1.29, 1.82) is 0 Å². The van der Waals surface area contributed by atoms with Gasteiger partial charge in [-0.3, -0.25) is 4.39 Å². The molecule has 0 saturated carbocycles. The zero-order valence-electron chi connectivity index (χ0n) is 14.1. The molecule has 0 aliphatic carbocycles. The minimum absolute atomic E-state index is 0.191. The van der Waals surface area contributed by atoms with Gasteiger partial charge < -0.3 is 14.5 Å². The summed E-state index contributed by atoms with van der Waals surface area (Å²) in [5.41, 5.74) is 3.09. The average Bonchev–Trinajstić information content (AvgIpc) is 3.28. The quantitative estimate of drug-likeness (QED) is 0.703. The van der Waals surface area contributed by atoms with Gasteiger partial charge in [-0.05, 0) is 45.2 Å². The molecular weight excluding hydrogens is 305 g/mol. The molecule has 1 unspecified atom stereocenters. The molecule has 5 nitrogen and oxygen atoms in total. The van der Waals surface area contributed by atoms with Crippen molar-refractivity contribution in [3.05, 3.63) is 24.3 Å². The van der Waals surface area contributed by atoms with Crippen LogP contribution in [0.15, 0.2) is 18.5 Å². The van der Waals surface area contributed by atoms with E-state index in [-0.39, 0.29) is 6.67 Å². The second kappa shape index (κ2) is 6.51. The first-order valence-electron chi connectivity index (χ1n) is 8.87. The first kappa shape index (κ1) is 15.6. The monoisotopic (exact) mass is 329 g/mol. The van der Waals surface area contributed by atoms with Crippen molar-refractivity contribution >= 4 is 22.1 Å². The molecule has 0 radical (unpaired) electrons. The van der Waals surface area contributed by atoms with Crippen LogP contribution in [-0.4, -0.2) is 50.7 Å². The van der Waals surface area contributed by atoms with Crippen LogP contribution in [0.4, 0.5) is 4.39 Å². The van der Waals surface area contributed by atoms with E-state index in [0.717, 1.165) is 61.3 Å². The largest absolute Gasteiger partial charge is 0.346 e. The standard InChI is InChI=1S/C18H24FN5/c1-13-22-16-11-21-18-15(5-8-20-18)17(16)24(13)14-6-10-23(12-14)9-4-2-3-7-19/h5,8,11,14H,2-4,6-7,9-10,12H2,1H3,(H,20,21). The predicted octanol–water partition coefficient (Wildman–Crippen LogP) is 3.61. The van der Waals surface area contributed by atoms with E-state index in [9.17, 15) is 4.39 Å². The Kier molecular flexibility index (Phi) is 4.22. The summed E-state index contributed by atoms with van der Waals surface area (Å²) in [6.07, 6.45) is 7.72. The summed E-state index contributed by atoms with van der Waals surface area (Å²) in [5.74, 6) is 1.06. The lowest BCUT2D eigenvalue weighted by molar-refractivity contribution is 0.311. The van der Waals surface area contributed by atoms with Crippen LogP contribution >= 0.6 is 0 Å². The number of imidazole rings is 1. The number of nitrogens with one attached hydrogen (secondary N) is 1. The van der Waals surface area contributed by atoms with Gasteiger partial charge in [-0.15, -0.1) is 0 Å². The summed E-state index contributed by atoms with van der Waals surface area (Å²) in [6, 6.07) is 2.54. The normalized spacial score (nSPS) is 19.0. The van der Waals surface area contributed by atoms with Crippen LogP contribution in [0.2, 0.25) is 0 Å². The van der Waals surface area contributed by atoms with E-state index in [1.54, 1.807) is 0 Å². The highest BCUT2D eigenvalue weighted by molar-refractivity contribution is 6.01. The lowest BCUT2D eigenvalue weighted by Crippen LogP contribution is -2.23. The first-order valence-corrected chi connectivity index (χ1v) is 8.87. The number of hydrogen-bond acceptors (Lipinski definition) is 3. The van der Waals surface area contributed by atoms with Gasteiger partial charge >= 0.3 is 0 Å². The number of H-pyrrole nitrogens is 1. The molecule has 3 aromatic heterocycles. The molecule has 3 aromatic rings. The molecule has 1 saturated heterocycles. The average molecular weight is 329 g/mol. The number of aryl methyl sites for hydroxylation is 1. The van der Waals surface area contributed by atoms with Gasteiger partial charge in [-0.2, -0.15) is 0 Å². The molecule has 6 heteroatoms. The van der Waals surface area contributed by atoms with Gasteiger partial charge in [0.25, 0.3) is 0 Å². The third-order valence-electron chi connectivity index (χ3n) is 5.13. The number of nitrogens with zero attached hydrogens (tertiary/aromatic N) is 4. The lowest BCUT2D eigenvalue weighted by Gasteiger charge is -2.18. The van der Waals surface area contributed by atoms with E-state index in [1.807, 2.05) is 12.4 Å². The van der Waals surface area contributed by atoms with Crippen LogP contribution in [0.3, 0.4) is 0 Å². The summed E-state index contributed by atoms with van der Waals surface area (Å²) < 4.78 is 14.6. The number of unbranched alkanes of at least 4 members (excludes halogenated alkanes) is 2. The molecule has 1 atom stereocenters. The molecule has 1 N–H and O–H groups in total. The Labute approximate surface area is 140 Å². The molecule has 24 heavy (non-hydrogen) atoms. The molecule has 128 valence electrons. The fourth-order valence-electron chi connectivity index (χ4n) is 3.99. The Balaban J connectivity index is 1.58. The predicted molar refractivity (Wildman–Crippen MR) is 94.0 cm³/mol. The van der Waals surface area contributed by atoms with Crippen molar-refractivity contribution < 1.29 is 4.39 Å². The Bertz CT molecular complexity index is 837. The molecule has 0 spiro atoms. The fraction of sp³-hybridized carbons (Fsp3) is 0.556. The Morgan fingerprint density at radius 2 is 2.25 bits per heavy atom. The molecule has 4 heterocycles. The van der Waals surface area contributed by atoms with E-state index < -0.39 is 0 Å². The van der Waals surface area contributed by atoms with E-state index in [2.05, 4.69) is 32.4 Å². The number of aromatic nitrogens is 4. The second-order valence-electron chi connectivity index (χ2n) is 6.75. The number of pyridine rings is 1. The van der Waals surface area contributed by atoms with E-state index in [0.29, 0.717) is 12.5 Å². The van der Waals surface area contributed by atoms with Crippen LogP contribution in [0.1, 0.15) is 37.5 Å². The van der Waals surface area contributed by atoms with Crippen LogP contribution in [0, 0.1) is 6.92 Å². The minimum atomic E-state index is -0.191. The smallest absolute Gasteiger partial charge is 0.139 e. The van der Waals surface area contributed by atoms with Crippen molar-refractivity contribution in [2.24, 2.45) is 0 Å². The van der Waals surface area contributed by atoms with Crippen LogP contribution in [-0.2, 0) is 0 Å². The summed E-state index contributed by atoms with van der Waals surface area (Å²) in [5, 5.41) is 1.15. The van der Waals surface area contributed by atoms with Gasteiger partial charge in [0.2, 0.25) is 0 Å². The van der Waals surface area contributed by atoms with Gasteiger partial charge in [0.1, 0.15) is 17.0 Å². The van der Waals surface area contributed by atoms with Gasteiger partial charge in [-0.1, -0.05) is 0 Å². The maximum Gasteiger partial charge on any atom is 0.139 e. The highest BCUT2D eigenvalue weighted by Gasteiger charge is 2.27. The van der Waals surface area contributed by atoms with Crippen LogP contribution < -0.4 is 0 Å². The van der Waals surface area contributed by atoms with Gasteiger partial charge in [-0.25, -0.2) is 9.97 Å². The number of hydrogen-bond donors (Lipinski definition) is 1. The number of alkyl halides is 1. The highest BCUT2D eigenvalue weighted by Crippen LogP contribution is 2.31. The third kappa shape index (κ3) is 2.69. The maximum absolute atomic E-state index is 12.2. The maximum atomic E-state index is 12.2. The Hall–Kier alpha value is -1.95. The van der Waals surface area contributed by atoms with Crippen molar-refractivity contribution in [2.45, 2.75) is 38.6 Å². The molecular formula is C18H24FN5. The Morgan fingerprint density at radius 3 is 3.12 bits per heavy atom. The molecule has 1 fully saturated rings. The van der Waals surface area contributed by atoms with Crippen molar-refractivity contribution in [3.8, 4) is 0 Å². The van der Waals surface area contributed by atoms with Crippen LogP contribution in [0.5, 0.6) is 0 Å². The summed E-state index contributed by atoms with van der Waals surface area (Å²) in [6.45, 7) is 5.13. The number of rotatable bonds is 6. The van der Waals surface area contributed by atoms with E-state index in [4.69, 9.17) is 4.98 Å². The second-order valence-corrected chi connectivity index (χ2v) is 6.75. The van der Waals surface area contributed by atoms with Crippen molar-refractivity contribution in [3.63, 3.8) is 0 Å². The topological polar surface area (TPSA) is 49.7 Å². The zero-order chi connectivity index (χ0) is 16.5.